The van der Waals surface area contributed by atoms with E-state index in [0.29, 0.717) is 23.7 Å². The van der Waals surface area contributed by atoms with E-state index in [2.05, 4.69) is 15.5 Å². The monoisotopic (exact) mass is 502 g/mol. The minimum Gasteiger partial charge on any atom is -0.497 e. The quantitative estimate of drug-likeness (QED) is 0.469. The second kappa shape index (κ2) is 10.4. The molecule has 0 aliphatic carbocycles. The number of nitrogens with zero attached hydrogens (tertiary/aromatic N) is 3. The van der Waals surface area contributed by atoms with Gasteiger partial charge in [-0.05, 0) is 49.2 Å². The number of amides is 1. The topological polar surface area (TPSA) is 133 Å². The lowest BCUT2D eigenvalue weighted by Gasteiger charge is -2.20. The Bertz CT molecular complexity index is 1260. The maximum Gasteiger partial charge on any atom is 0.322 e. The molecule has 1 amide bonds. The van der Waals surface area contributed by atoms with Crippen molar-refractivity contribution in [2.45, 2.75) is 23.8 Å². The van der Waals surface area contributed by atoms with Crippen molar-refractivity contribution in [3.05, 3.63) is 48.0 Å². The molecule has 0 saturated carbocycles. The van der Waals surface area contributed by atoms with Gasteiger partial charge in [-0.25, -0.2) is 8.42 Å². The van der Waals surface area contributed by atoms with Crippen molar-refractivity contribution in [3.8, 4) is 23.0 Å². The Kier molecular flexibility index (Phi) is 7.34. The van der Waals surface area contributed by atoms with Gasteiger partial charge in [0.1, 0.15) is 11.5 Å². The normalized spacial score (nSPS) is 15.8. The Balaban J connectivity index is 1.43. The summed E-state index contributed by atoms with van der Waals surface area (Å²) >= 11 is 0. The molecule has 2 heterocycles. The predicted octanol–water partition coefficient (Wildman–Crippen LogP) is 2.81. The van der Waals surface area contributed by atoms with Crippen LogP contribution < -0.4 is 14.8 Å². The summed E-state index contributed by atoms with van der Waals surface area (Å²) in [5, 5.41) is 10.3. The second-order valence-electron chi connectivity index (χ2n) is 7.91. The van der Waals surface area contributed by atoms with E-state index in [0.717, 1.165) is 12.8 Å². The van der Waals surface area contributed by atoms with Gasteiger partial charge < -0.3 is 18.6 Å². The molecule has 1 aromatic heterocycles. The molecule has 1 fully saturated rings. The first-order valence-electron chi connectivity index (χ1n) is 10.9. The SMILES string of the molecule is COc1cc(OC)cc(-c2nnc(NC(=O)c3ccc(S(=O)(=O)N(C)CC4CCCO4)cc3)o2)c1. The molecule has 0 bridgehead atoms. The van der Waals surface area contributed by atoms with Crippen LogP contribution in [0.25, 0.3) is 11.5 Å². The fourth-order valence-electron chi connectivity index (χ4n) is 3.62. The Morgan fingerprint density at radius 3 is 2.40 bits per heavy atom. The van der Waals surface area contributed by atoms with Crippen molar-refractivity contribution in [2.24, 2.45) is 0 Å². The van der Waals surface area contributed by atoms with Gasteiger partial charge in [0.15, 0.2) is 0 Å². The highest BCUT2D eigenvalue weighted by molar-refractivity contribution is 7.89. The maximum absolute atomic E-state index is 12.8. The van der Waals surface area contributed by atoms with Crippen LogP contribution in [0.1, 0.15) is 23.2 Å². The number of methoxy groups -OCH3 is 2. The van der Waals surface area contributed by atoms with Crippen molar-refractivity contribution >= 4 is 21.9 Å². The van der Waals surface area contributed by atoms with Crippen LogP contribution in [0.4, 0.5) is 6.01 Å². The summed E-state index contributed by atoms with van der Waals surface area (Å²) in [6.45, 7) is 0.931. The number of nitrogens with one attached hydrogen (secondary N) is 1. The zero-order valence-electron chi connectivity index (χ0n) is 19.6. The van der Waals surface area contributed by atoms with Gasteiger partial charge >= 0.3 is 6.01 Å². The van der Waals surface area contributed by atoms with Crippen LogP contribution in [0, 0.1) is 0 Å². The molecule has 186 valence electrons. The number of aromatic nitrogens is 2. The molecular weight excluding hydrogens is 476 g/mol. The largest absolute Gasteiger partial charge is 0.497 e. The first kappa shape index (κ1) is 24.6. The number of benzene rings is 2. The highest BCUT2D eigenvalue weighted by Gasteiger charge is 2.26. The maximum atomic E-state index is 12.8. The fourth-order valence-corrected chi connectivity index (χ4v) is 4.82. The van der Waals surface area contributed by atoms with Crippen LogP contribution in [-0.2, 0) is 14.8 Å². The van der Waals surface area contributed by atoms with Crippen molar-refractivity contribution in [1.29, 1.82) is 0 Å². The molecule has 1 N–H and O–H groups in total. The standard InChI is InChI=1S/C23H26N4O7S/c1-27(14-17-5-4-10-33-17)35(29,30)20-8-6-15(7-9-20)21(28)24-23-26-25-22(34-23)16-11-18(31-2)13-19(12-16)32-3/h6-9,11-13,17H,4-5,10,14H2,1-3H3,(H,24,26,28). The van der Waals surface area contributed by atoms with Gasteiger partial charge in [0.05, 0.1) is 25.2 Å². The molecule has 0 spiro atoms. The van der Waals surface area contributed by atoms with E-state index in [1.165, 1.54) is 49.8 Å². The van der Waals surface area contributed by atoms with E-state index in [1.54, 1.807) is 18.2 Å². The third kappa shape index (κ3) is 5.61. The molecule has 1 atom stereocenters. The highest BCUT2D eigenvalue weighted by atomic mass is 32.2. The van der Waals surface area contributed by atoms with E-state index in [1.807, 2.05) is 0 Å². The van der Waals surface area contributed by atoms with Crippen molar-refractivity contribution < 1.29 is 31.8 Å². The molecule has 1 saturated heterocycles. The van der Waals surface area contributed by atoms with E-state index in [9.17, 15) is 13.2 Å². The van der Waals surface area contributed by atoms with Crippen LogP contribution in [-0.4, -0.2) is 69.4 Å². The van der Waals surface area contributed by atoms with E-state index in [4.69, 9.17) is 18.6 Å². The number of carbonyl (C=O) groups is 1. The predicted molar refractivity (Wildman–Crippen MR) is 126 cm³/mol. The molecule has 35 heavy (non-hydrogen) atoms. The highest BCUT2D eigenvalue weighted by Crippen LogP contribution is 2.29. The number of rotatable bonds is 9. The summed E-state index contributed by atoms with van der Waals surface area (Å²) in [6.07, 6.45) is 1.66. The summed E-state index contributed by atoms with van der Waals surface area (Å²) in [7, 11) is 0.859. The Morgan fingerprint density at radius 2 is 1.80 bits per heavy atom. The first-order chi connectivity index (χ1) is 16.8. The van der Waals surface area contributed by atoms with Gasteiger partial charge in [0.2, 0.25) is 15.9 Å². The zero-order valence-corrected chi connectivity index (χ0v) is 20.4. The molecule has 1 unspecified atom stereocenters. The number of anilines is 1. The first-order valence-corrected chi connectivity index (χ1v) is 12.3. The third-order valence-electron chi connectivity index (χ3n) is 5.55. The molecule has 0 radical (unpaired) electrons. The van der Waals surface area contributed by atoms with E-state index >= 15 is 0 Å². The van der Waals surface area contributed by atoms with Crippen molar-refractivity contribution in [1.82, 2.24) is 14.5 Å². The molecule has 1 aliphatic heterocycles. The van der Waals surface area contributed by atoms with Gasteiger partial charge in [-0.2, -0.15) is 4.31 Å². The smallest absolute Gasteiger partial charge is 0.322 e. The summed E-state index contributed by atoms with van der Waals surface area (Å²) in [5.74, 6) is 0.715. The van der Waals surface area contributed by atoms with E-state index < -0.39 is 15.9 Å². The van der Waals surface area contributed by atoms with Gasteiger partial charge in [0.25, 0.3) is 5.91 Å². The Morgan fingerprint density at radius 1 is 1.11 bits per heavy atom. The second-order valence-corrected chi connectivity index (χ2v) is 9.96. The van der Waals surface area contributed by atoms with E-state index in [-0.39, 0.29) is 35.0 Å². The number of sulfonamides is 1. The molecular formula is C23H26N4O7S. The van der Waals surface area contributed by atoms with Crippen molar-refractivity contribution in [2.75, 3.05) is 39.7 Å². The van der Waals surface area contributed by atoms with Gasteiger partial charge in [-0.15, -0.1) is 5.10 Å². The lowest BCUT2D eigenvalue weighted by atomic mass is 10.2. The van der Waals surface area contributed by atoms with Crippen LogP contribution in [0.2, 0.25) is 0 Å². The lowest BCUT2D eigenvalue weighted by molar-refractivity contribution is 0.0979. The molecule has 3 aromatic rings. The number of likely N-dealkylation sites (N-methyl/N-ethyl adjacent to an activating group) is 1. The fraction of sp³-hybridized carbons (Fsp3) is 0.348. The molecule has 2 aromatic carbocycles. The van der Waals surface area contributed by atoms with Crippen molar-refractivity contribution in [3.63, 3.8) is 0 Å². The number of ether oxygens (including phenoxy) is 3. The van der Waals surface area contributed by atoms with Crippen LogP contribution in [0.15, 0.2) is 51.8 Å². The number of hydrogen-bond donors (Lipinski definition) is 1. The minimum absolute atomic E-state index is 0.0848. The Hall–Kier alpha value is -3.48. The zero-order chi connectivity index (χ0) is 25.0. The average Bonchev–Trinajstić information content (AvgIpc) is 3.56. The molecule has 11 nitrogen and oxygen atoms in total. The summed E-state index contributed by atoms with van der Waals surface area (Å²) < 4.78 is 48.5. The molecule has 4 rings (SSSR count). The Labute approximate surface area is 203 Å². The van der Waals surface area contributed by atoms with Crippen LogP contribution in [0.3, 0.4) is 0 Å². The van der Waals surface area contributed by atoms with Crippen LogP contribution in [0.5, 0.6) is 11.5 Å². The number of carbonyl (C=O) groups excluding carboxylic acids is 1. The van der Waals surface area contributed by atoms with Gasteiger partial charge in [-0.1, -0.05) is 5.10 Å². The summed E-state index contributed by atoms with van der Waals surface area (Å²) in [6, 6.07) is 10.6. The van der Waals surface area contributed by atoms with Crippen LogP contribution >= 0.6 is 0 Å². The third-order valence-corrected chi connectivity index (χ3v) is 7.39. The average molecular weight is 503 g/mol. The van der Waals surface area contributed by atoms with Gasteiger partial charge in [-0.3, -0.25) is 10.1 Å². The summed E-state index contributed by atoms with van der Waals surface area (Å²) in [4.78, 5) is 12.7. The molecule has 1 aliphatic rings. The van der Waals surface area contributed by atoms with Gasteiger partial charge in [0, 0.05) is 37.4 Å². The number of hydrogen-bond acceptors (Lipinski definition) is 9. The minimum atomic E-state index is -3.71. The molecule has 12 heteroatoms. The lowest BCUT2D eigenvalue weighted by Crippen LogP contribution is -2.34. The summed E-state index contributed by atoms with van der Waals surface area (Å²) in [5.41, 5.74) is 0.782.